The van der Waals surface area contributed by atoms with E-state index in [0.29, 0.717) is 0 Å². The van der Waals surface area contributed by atoms with Crippen LogP contribution in [0.1, 0.15) is 12.8 Å². The van der Waals surface area contributed by atoms with Crippen LogP contribution in [0.25, 0.3) is 0 Å². The van der Waals surface area contributed by atoms with E-state index in [2.05, 4.69) is 0 Å². The Bertz CT molecular complexity index is 195. The number of hydrogen-bond donors (Lipinski definition) is 3. The minimum Gasteiger partial charge on any atom is -0.481 e. The third-order valence-corrected chi connectivity index (χ3v) is 2.93. The standard InChI is InChI=1S/C6H10N2O2S/c7-6(8)11-4-2-1-3(4)5(9)10/h3-4H,1-2H2,(H3,7,8)(H,9,10). The summed E-state index contributed by atoms with van der Waals surface area (Å²) in [5, 5.41) is 15.6. The van der Waals surface area contributed by atoms with E-state index in [4.69, 9.17) is 16.2 Å². The molecule has 62 valence electrons. The summed E-state index contributed by atoms with van der Waals surface area (Å²) in [5.41, 5.74) is 5.12. The summed E-state index contributed by atoms with van der Waals surface area (Å²) >= 11 is 1.16. The maximum atomic E-state index is 10.4. The fourth-order valence-corrected chi connectivity index (χ4v) is 2.05. The van der Waals surface area contributed by atoms with Crippen molar-refractivity contribution in [2.24, 2.45) is 11.7 Å². The quantitative estimate of drug-likeness (QED) is 0.419. The third kappa shape index (κ3) is 1.86. The molecule has 1 aliphatic carbocycles. The number of thioether (sulfide) groups is 1. The van der Waals surface area contributed by atoms with Crippen molar-refractivity contribution in [3.63, 3.8) is 0 Å². The Labute approximate surface area is 68.7 Å². The van der Waals surface area contributed by atoms with Gasteiger partial charge in [-0.25, -0.2) is 0 Å². The van der Waals surface area contributed by atoms with Gasteiger partial charge in [0, 0.05) is 5.25 Å². The normalized spacial score (nSPS) is 29.1. The highest BCUT2D eigenvalue weighted by atomic mass is 32.2. The van der Waals surface area contributed by atoms with E-state index in [-0.39, 0.29) is 16.3 Å². The number of nitrogens with two attached hydrogens (primary N) is 1. The highest BCUT2D eigenvalue weighted by Gasteiger charge is 2.37. The molecule has 1 fully saturated rings. The van der Waals surface area contributed by atoms with Crippen LogP contribution in [0.2, 0.25) is 0 Å². The average molecular weight is 174 g/mol. The maximum absolute atomic E-state index is 10.4. The van der Waals surface area contributed by atoms with E-state index in [1.807, 2.05) is 0 Å². The lowest BCUT2D eigenvalue weighted by atomic mass is 9.85. The van der Waals surface area contributed by atoms with E-state index in [0.717, 1.165) is 24.6 Å². The summed E-state index contributed by atoms with van der Waals surface area (Å²) in [6.07, 6.45) is 1.58. The van der Waals surface area contributed by atoms with Gasteiger partial charge in [-0.15, -0.1) is 0 Å². The average Bonchev–Trinajstić information content (AvgIpc) is 1.78. The summed E-state index contributed by atoms with van der Waals surface area (Å²) in [6, 6.07) is 0. The van der Waals surface area contributed by atoms with Gasteiger partial charge in [-0.2, -0.15) is 0 Å². The van der Waals surface area contributed by atoms with Gasteiger partial charge in [0.15, 0.2) is 5.17 Å². The number of carboxylic acids is 1. The zero-order chi connectivity index (χ0) is 8.43. The lowest BCUT2D eigenvalue weighted by Crippen LogP contribution is -2.36. The topological polar surface area (TPSA) is 87.2 Å². The van der Waals surface area contributed by atoms with Gasteiger partial charge >= 0.3 is 5.97 Å². The van der Waals surface area contributed by atoms with Crippen LogP contribution in [0, 0.1) is 11.3 Å². The number of amidine groups is 1. The van der Waals surface area contributed by atoms with Crippen LogP contribution < -0.4 is 5.73 Å². The van der Waals surface area contributed by atoms with Crippen LogP contribution in [-0.4, -0.2) is 21.5 Å². The molecular weight excluding hydrogens is 164 g/mol. The first-order valence-corrected chi connectivity index (χ1v) is 4.22. The van der Waals surface area contributed by atoms with Crippen molar-refractivity contribution in [1.29, 1.82) is 5.41 Å². The van der Waals surface area contributed by atoms with E-state index >= 15 is 0 Å². The van der Waals surface area contributed by atoms with Crippen LogP contribution in [0.4, 0.5) is 0 Å². The Morgan fingerprint density at radius 1 is 1.64 bits per heavy atom. The molecule has 0 aromatic carbocycles. The predicted molar refractivity (Wildman–Crippen MR) is 43.7 cm³/mol. The molecule has 1 saturated carbocycles. The van der Waals surface area contributed by atoms with Gasteiger partial charge in [-0.1, -0.05) is 11.8 Å². The summed E-state index contributed by atoms with van der Waals surface area (Å²) in [5.74, 6) is -1.06. The minimum absolute atomic E-state index is 0.0148. The maximum Gasteiger partial charge on any atom is 0.307 e. The molecule has 1 aliphatic rings. The molecular formula is C6H10N2O2S. The van der Waals surface area contributed by atoms with Gasteiger partial charge < -0.3 is 10.8 Å². The lowest BCUT2D eigenvalue weighted by Gasteiger charge is -2.31. The van der Waals surface area contributed by atoms with Crippen molar-refractivity contribution in [2.75, 3.05) is 0 Å². The Morgan fingerprint density at radius 3 is 2.55 bits per heavy atom. The monoisotopic (exact) mass is 174 g/mol. The smallest absolute Gasteiger partial charge is 0.307 e. The zero-order valence-corrected chi connectivity index (χ0v) is 6.73. The molecule has 0 aromatic heterocycles. The molecule has 0 amide bonds. The van der Waals surface area contributed by atoms with Crippen molar-refractivity contribution >= 4 is 22.9 Å². The summed E-state index contributed by atoms with van der Waals surface area (Å²) in [7, 11) is 0. The number of rotatable bonds is 2. The minimum atomic E-state index is -0.769. The van der Waals surface area contributed by atoms with Gasteiger partial charge in [-0.3, -0.25) is 10.2 Å². The fraction of sp³-hybridized carbons (Fsp3) is 0.667. The zero-order valence-electron chi connectivity index (χ0n) is 5.91. The van der Waals surface area contributed by atoms with E-state index in [1.54, 1.807) is 0 Å². The molecule has 2 unspecified atom stereocenters. The van der Waals surface area contributed by atoms with Gasteiger partial charge in [0.05, 0.1) is 5.92 Å². The highest BCUT2D eigenvalue weighted by Crippen LogP contribution is 2.37. The molecule has 2 atom stereocenters. The molecule has 0 aliphatic heterocycles. The summed E-state index contributed by atoms with van der Waals surface area (Å²) < 4.78 is 0. The molecule has 0 aromatic rings. The fourth-order valence-electron chi connectivity index (χ4n) is 1.06. The molecule has 4 nitrogen and oxygen atoms in total. The Kier molecular flexibility index (Phi) is 2.38. The second-order valence-electron chi connectivity index (χ2n) is 2.54. The van der Waals surface area contributed by atoms with Crippen molar-refractivity contribution in [3.8, 4) is 0 Å². The van der Waals surface area contributed by atoms with Crippen LogP contribution in [0.3, 0.4) is 0 Å². The van der Waals surface area contributed by atoms with Crippen LogP contribution >= 0.6 is 11.8 Å². The molecule has 0 saturated heterocycles. The van der Waals surface area contributed by atoms with Crippen LogP contribution in [0.15, 0.2) is 0 Å². The highest BCUT2D eigenvalue weighted by molar-refractivity contribution is 8.14. The van der Waals surface area contributed by atoms with Gasteiger partial charge in [0.2, 0.25) is 0 Å². The third-order valence-electron chi connectivity index (χ3n) is 1.81. The SMILES string of the molecule is N=C(N)SC1CCC1C(=O)O. The molecule has 5 heteroatoms. The predicted octanol–water partition coefficient (Wildman–Crippen LogP) is 0.476. The number of carboxylic acid groups (broad SMARTS) is 1. The van der Waals surface area contributed by atoms with Crippen molar-refractivity contribution in [1.82, 2.24) is 0 Å². The van der Waals surface area contributed by atoms with E-state index < -0.39 is 5.97 Å². The molecule has 0 bridgehead atoms. The Balaban J connectivity index is 2.37. The van der Waals surface area contributed by atoms with Gasteiger partial charge in [0.1, 0.15) is 0 Å². The number of hydrogen-bond acceptors (Lipinski definition) is 3. The molecule has 11 heavy (non-hydrogen) atoms. The molecule has 0 heterocycles. The van der Waals surface area contributed by atoms with Gasteiger partial charge in [0.25, 0.3) is 0 Å². The van der Waals surface area contributed by atoms with E-state index in [1.165, 1.54) is 0 Å². The van der Waals surface area contributed by atoms with Crippen molar-refractivity contribution in [3.05, 3.63) is 0 Å². The first-order chi connectivity index (χ1) is 5.11. The van der Waals surface area contributed by atoms with Crippen molar-refractivity contribution < 1.29 is 9.90 Å². The second kappa shape index (κ2) is 3.13. The molecule has 1 rings (SSSR count). The van der Waals surface area contributed by atoms with Crippen LogP contribution in [0.5, 0.6) is 0 Å². The number of aliphatic carboxylic acids is 1. The Hall–Kier alpha value is -0.710. The number of carbonyl (C=O) groups is 1. The first-order valence-electron chi connectivity index (χ1n) is 3.34. The largest absolute Gasteiger partial charge is 0.481 e. The van der Waals surface area contributed by atoms with E-state index in [9.17, 15) is 4.79 Å². The Morgan fingerprint density at radius 2 is 2.27 bits per heavy atom. The van der Waals surface area contributed by atoms with Crippen LogP contribution in [-0.2, 0) is 4.79 Å². The number of nitrogens with one attached hydrogen (secondary N) is 1. The lowest BCUT2D eigenvalue weighted by molar-refractivity contribution is -0.144. The summed E-state index contributed by atoms with van der Waals surface area (Å²) in [6.45, 7) is 0. The summed E-state index contributed by atoms with van der Waals surface area (Å²) in [4.78, 5) is 10.4. The second-order valence-corrected chi connectivity index (χ2v) is 3.82. The van der Waals surface area contributed by atoms with Gasteiger partial charge in [-0.05, 0) is 12.8 Å². The molecule has 0 spiro atoms. The first kappa shape index (κ1) is 8.39. The van der Waals surface area contributed by atoms with Crippen molar-refractivity contribution in [2.45, 2.75) is 18.1 Å². The molecule has 0 radical (unpaired) electrons. The molecule has 4 N–H and O–H groups in total.